The van der Waals surface area contributed by atoms with E-state index in [-0.39, 0.29) is 0 Å². The highest BCUT2D eigenvalue weighted by Gasteiger charge is 2.75. The van der Waals surface area contributed by atoms with Crippen molar-refractivity contribution in [3.63, 3.8) is 0 Å². The van der Waals surface area contributed by atoms with Gasteiger partial charge in [-0.3, -0.25) is 4.79 Å². The van der Waals surface area contributed by atoms with Crippen LogP contribution in [0.15, 0.2) is 18.2 Å². The Bertz CT molecular complexity index is 541. The van der Waals surface area contributed by atoms with E-state index >= 15 is 0 Å². The van der Waals surface area contributed by atoms with Crippen LogP contribution in [0.5, 0.6) is 0 Å². The van der Waals surface area contributed by atoms with Crippen LogP contribution in [0.25, 0.3) is 0 Å². The van der Waals surface area contributed by atoms with Crippen LogP contribution < -0.4 is 5.32 Å². The minimum atomic E-state index is -6.10. The number of amides is 1. The zero-order valence-electron chi connectivity index (χ0n) is 9.54. The van der Waals surface area contributed by atoms with Crippen LogP contribution in [0.1, 0.15) is 0 Å². The average Bonchev–Trinajstić information content (AvgIpc) is 2.29. The van der Waals surface area contributed by atoms with Crippen LogP contribution in [0.3, 0.4) is 0 Å². The molecule has 1 aromatic carbocycles. The highest BCUT2D eigenvalue weighted by Crippen LogP contribution is 2.48. The van der Waals surface area contributed by atoms with Crippen LogP contribution in [0.2, 0.25) is 5.02 Å². The summed E-state index contributed by atoms with van der Waals surface area (Å²) >= 11 is 9.78. The van der Waals surface area contributed by atoms with Crippen molar-refractivity contribution >= 4 is 34.8 Å². The number of halogens is 9. The molecule has 118 valence electrons. The maximum absolute atomic E-state index is 12.8. The summed E-state index contributed by atoms with van der Waals surface area (Å²) in [6.45, 7) is 0. The second kappa shape index (κ2) is 5.53. The summed E-state index contributed by atoms with van der Waals surface area (Å²) in [5, 5.41) is 0.697. The first kappa shape index (κ1) is 17.8. The second-order valence-electron chi connectivity index (χ2n) is 3.74. The Labute approximate surface area is 122 Å². The van der Waals surface area contributed by atoms with E-state index in [1.54, 1.807) is 0 Å². The van der Waals surface area contributed by atoms with Gasteiger partial charge >= 0.3 is 17.2 Å². The molecule has 0 aromatic heterocycles. The molecular formula is C10H4Cl2F7NO. The van der Waals surface area contributed by atoms with E-state index in [0.29, 0.717) is 12.1 Å². The van der Waals surface area contributed by atoms with Gasteiger partial charge in [-0.1, -0.05) is 23.2 Å². The van der Waals surface area contributed by atoms with Crippen LogP contribution in [-0.2, 0) is 4.79 Å². The largest absolute Gasteiger partial charge is 0.425 e. The Balaban J connectivity index is 3.17. The third-order valence-electron chi connectivity index (χ3n) is 2.27. The SMILES string of the molecule is O=C(Nc1ccc(F)c(Cl)c1)C(Cl)(C(F)(F)F)C(F)(F)F. The molecule has 0 bridgehead atoms. The molecule has 0 spiro atoms. The third kappa shape index (κ3) is 3.34. The summed E-state index contributed by atoms with van der Waals surface area (Å²) in [5.41, 5.74) is -0.579. The summed E-state index contributed by atoms with van der Waals surface area (Å²) < 4.78 is 87.8. The fourth-order valence-electron chi connectivity index (χ4n) is 1.21. The van der Waals surface area contributed by atoms with Crippen molar-refractivity contribution in [2.75, 3.05) is 5.32 Å². The average molecular weight is 358 g/mol. The Hall–Kier alpha value is -1.22. The summed E-state index contributed by atoms with van der Waals surface area (Å²) in [4.78, 5) is 6.17. The van der Waals surface area contributed by atoms with Crippen LogP contribution in [0, 0.1) is 5.82 Å². The molecule has 0 atom stereocenters. The molecule has 0 saturated carbocycles. The molecule has 0 fully saturated rings. The fraction of sp³-hybridized carbons (Fsp3) is 0.300. The molecule has 1 aromatic rings. The Kier molecular flexibility index (Phi) is 4.69. The van der Waals surface area contributed by atoms with Crippen molar-refractivity contribution < 1.29 is 35.5 Å². The lowest BCUT2D eigenvalue weighted by Gasteiger charge is -2.30. The standard InChI is InChI=1S/C10H4Cl2F7NO/c11-5-3-4(1-2-6(5)13)20-7(21)8(12,9(14,15)16)10(17,18)19/h1-3H,(H,20,21). The van der Waals surface area contributed by atoms with Gasteiger partial charge in [0.2, 0.25) is 0 Å². The number of hydrogen-bond acceptors (Lipinski definition) is 1. The lowest BCUT2D eigenvalue weighted by atomic mass is 10.1. The van der Waals surface area contributed by atoms with Gasteiger partial charge in [0.25, 0.3) is 5.91 Å². The van der Waals surface area contributed by atoms with Crippen LogP contribution >= 0.6 is 23.2 Å². The van der Waals surface area contributed by atoms with Gasteiger partial charge < -0.3 is 5.32 Å². The van der Waals surface area contributed by atoms with E-state index in [0.717, 1.165) is 6.07 Å². The maximum atomic E-state index is 12.8. The molecule has 2 nitrogen and oxygen atoms in total. The first-order valence-electron chi connectivity index (χ1n) is 4.89. The van der Waals surface area contributed by atoms with E-state index in [1.165, 1.54) is 5.32 Å². The van der Waals surface area contributed by atoms with Gasteiger partial charge in [0.1, 0.15) is 5.82 Å². The van der Waals surface area contributed by atoms with E-state index in [4.69, 9.17) is 11.6 Å². The number of carbonyl (C=O) groups excluding carboxylic acids is 1. The summed E-state index contributed by atoms with van der Waals surface area (Å²) in [7, 11) is 0. The lowest BCUT2D eigenvalue weighted by molar-refractivity contribution is -0.258. The van der Waals surface area contributed by atoms with Crippen LogP contribution in [0.4, 0.5) is 36.4 Å². The normalized spacial score (nSPS) is 13.2. The number of alkyl halides is 7. The molecule has 0 aliphatic rings. The molecule has 0 aliphatic carbocycles. The molecule has 21 heavy (non-hydrogen) atoms. The predicted octanol–water partition coefficient (Wildman–Crippen LogP) is 4.52. The summed E-state index contributed by atoms with van der Waals surface area (Å²) in [6, 6.07) is 2.01. The molecule has 1 rings (SSSR count). The first-order valence-corrected chi connectivity index (χ1v) is 5.65. The molecule has 0 heterocycles. The van der Waals surface area contributed by atoms with Gasteiger partial charge in [0.15, 0.2) is 0 Å². The molecule has 0 saturated heterocycles. The molecule has 0 radical (unpaired) electrons. The van der Waals surface area contributed by atoms with Crippen molar-refractivity contribution in [2.45, 2.75) is 17.2 Å². The Morgan fingerprint density at radius 1 is 1.05 bits per heavy atom. The first-order chi connectivity index (χ1) is 9.30. The van der Waals surface area contributed by atoms with Gasteiger partial charge in [0.05, 0.1) is 5.02 Å². The van der Waals surface area contributed by atoms with Crippen LogP contribution in [-0.4, -0.2) is 23.1 Å². The number of anilines is 1. The van der Waals surface area contributed by atoms with Gasteiger partial charge in [-0.2, -0.15) is 26.3 Å². The van der Waals surface area contributed by atoms with Crippen molar-refractivity contribution in [1.82, 2.24) is 0 Å². The third-order valence-corrected chi connectivity index (χ3v) is 3.16. The smallest absolute Gasteiger partial charge is 0.324 e. The quantitative estimate of drug-likeness (QED) is 0.611. The monoisotopic (exact) mass is 357 g/mol. The maximum Gasteiger partial charge on any atom is 0.425 e. The zero-order valence-corrected chi connectivity index (χ0v) is 11.1. The molecule has 11 heteroatoms. The van der Waals surface area contributed by atoms with E-state index in [2.05, 4.69) is 11.6 Å². The van der Waals surface area contributed by atoms with E-state index < -0.39 is 39.7 Å². The molecule has 0 aliphatic heterocycles. The predicted molar refractivity (Wildman–Crippen MR) is 60.7 cm³/mol. The molecule has 1 amide bonds. The molecular weight excluding hydrogens is 354 g/mol. The lowest BCUT2D eigenvalue weighted by Crippen LogP contribution is -2.60. The Morgan fingerprint density at radius 2 is 1.52 bits per heavy atom. The number of benzene rings is 1. The number of nitrogens with one attached hydrogen (secondary N) is 1. The topological polar surface area (TPSA) is 29.1 Å². The molecule has 0 unspecified atom stereocenters. The number of rotatable bonds is 2. The van der Waals surface area contributed by atoms with Gasteiger partial charge in [-0.05, 0) is 18.2 Å². The Morgan fingerprint density at radius 3 is 1.90 bits per heavy atom. The summed E-state index contributed by atoms with van der Waals surface area (Å²) in [6.07, 6.45) is -12.2. The zero-order chi connectivity index (χ0) is 16.6. The van der Waals surface area contributed by atoms with Crippen molar-refractivity contribution in [1.29, 1.82) is 0 Å². The number of hydrogen-bond donors (Lipinski definition) is 1. The minimum Gasteiger partial charge on any atom is -0.324 e. The molecule has 1 N–H and O–H groups in total. The number of carbonyl (C=O) groups is 1. The van der Waals surface area contributed by atoms with E-state index in [9.17, 15) is 35.5 Å². The van der Waals surface area contributed by atoms with Crippen molar-refractivity contribution in [2.24, 2.45) is 0 Å². The van der Waals surface area contributed by atoms with Gasteiger partial charge in [-0.25, -0.2) is 4.39 Å². The fourth-order valence-corrected chi connectivity index (χ4v) is 1.44. The van der Waals surface area contributed by atoms with Crippen molar-refractivity contribution in [3.05, 3.63) is 29.0 Å². The van der Waals surface area contributed by atoms with Gasteiger partial charge in [0, 0.05) is 5.69 Å². The highest BCUT2D eigenvalue weighted by atomic mass is 35.5. The second-order valence-corrected chi connectivity index (χ2v) is 4.71. The summed E-state index contributed by atoms with van der Waals surface area (Å²) in [5.74, 6) is -3.55. The van der Waals surface area contributed by atoms with Crippen molar-refractivity contribution in [3.8, 4) is 0 Å². The highest BCUT2D eigenvalue weighted by molar-refractivity contribution is 6.38. The van der Waals surface area contributed by atoms with Gasteiger partial charge in [-0.15, -0.1) is 0 Å². The van der Waals surface area contributed by atoms with E-state index in [1.807, 2.05) is 0 Å². The minimum absolute atomic E-state index is 0.579.